The minimum absolute atomic E-state index is 0.0413. The lowest BCUT2D eigenvalue weighted by molar-refractivity contribution is -0.639. The Morgan fingerprint density at radius 3 is 2.46 bits per heavy atom. The molecule has 5 nitrogen and oxygen atoms in total. The standard InChI is InChI=1S/C7H11N2O3S/c1-13(10,11)12-6-7-2-4-9(8)5-3-7/h2-5H,6,8H2,1H3/q+1. The SMILES string of the molecule is CS(=O)(=O)OCc1cc[n+](N)cc1. The molecule has 1 rings (SSSR count). The summed E-state index contributed by atoms with van der Waals surface area (Å²) in [5.74, 6) is 5.37. The average Bonchev–Trinajstić information content (AvgIpc) is 2.02. The summed E-state index contributed by atoms with van der Waals surface area (Å²) in [5, 5.41) is 0. The van der Waals surface area contributed by atoms with Crippen LogP contribution in [0.4, 0.5) is 0 Å². The molecule has 0 unspecified atom stereocenters. The summed E-state index contributed by atoms with van der Waals surface area (Å²) in [5.41, 5.74) is 0.757. The highest BCUT2D eigenvalue weighted by Gasteiger charge is 2.03. The zero-order chi connectivity index (χ0) is 9.90. The highest BCUT2D eigenvalue weighted by Crippen LogP contribution is 1.99. The van der Waals surface area contributed by atoms with Gasteiger partial charge in [-0.25, -0.2) is 5.84 Å². The van der Waals surface area contributed by atoms with Crippen LogP contribution in [0.3, 0.4) is 0 Å². The number of aromatic nitrogens is 1. The topological polar surface area (TPSA) is 73.3 Å². The zero-order valence-electron chi connectivity index (χ0n) is 7.17. The predicted molar refractivity (Wildman–Crippen MR) is 46.4 cm³/mol. The molecule has 1 aromatic heterocycles. The lowest BCUT2D eigenvalue weighted by Crippen LogP contribution is -2.43. The van der Waals surface area contributed by atoms with Gasteiger partial charge in [0.1, 0.15) is 0 Å². The Morgan fingerprint density at radius 2 is 2.00 bits per heavy atom. The lowest BCUT2D eigenvalue weighted by Gasteiger charge is -1.99. The first-order valence-corrected chi connectivity index (χ1v) is 5.39. The number of hydrogen-bond donors (Lipinski definition) is 1. The van der Waals surface area contributed by atoms with E-state index in [-0.39, 0.29) is 6.61 Å². The third-order valence-corrected chi connectivity index (χ3v) is 1.91. The maximum atomic E-state index is 10.6. The zero-order valence-corrected chi connectivity index (χ0v) is 7.99. The molecule has 0 aromatic carbocycles. The van der Waals surface area contributed by atoms with Gasteiger partial charge in [0.15, 0.2) is 12.4 Å². The van der Waals surface area contributed by atoms with Crippen molar-refractivity contribution in [2.75, 3.05) is 12.1 Å². The van der Waals surface area contributed by atoms with Crippen molar-refractivity contribution in [3.8, 4) is 0 Å². The predicted octanol–water partition coefficient (Wildman–Crippen LogP) is -0.836. The molecule has 0 aliphatic carbocycles. The molecule has 13 heavy (non-hydrogen) atoms. The number of pyridine rings is 1. The Morgan fingerprint density at radius 1 is 1.46 bits per heavy atom. The monoisotopic (exact) mass is 203 g/mol. The first kappa shape index (κ1) is 9.94. The third-order valence-electron chi connectivity index (χ3n) is 1.36. The minimum Gasteiger partial charge on any atom is -0.265 e. The van der Waals surface area contributed by atoms with Crippen molar-refractivity contribution >= 4 is 10.1 Å². The molecule has 0 saturated heterocycles. The highest BCUT2D eigenvalue weighted by molar-refractivity contribution is 7.85. The van der Waals surface area contributed by atoms with Gasteiger partial charge in [-0.05, 0) is 5.56 Å². The van der Waals surface area contributed by atoms with Gasteiger partial charge in [0.2, 0.25) is 0 Å². The second kappa shape index (κ2) is 3.71. The van der Waals surface area contributed by atoms with E-state index in [2.05, 4.69) is 4.18 Å². The van der Waals surface area contributed by atoms with Crippen LogP contribution in [0.1, 0.15) is 5.56 Å². The maximum Gasteiger partial charge on any atom is 0.264 e. The summed E-state index contributed by atoms with van der Waals surface area (Å²) >= 11 is 0. The van der Waals surface area contributed by atoms with Gasteiger partial charge in [0.25, 0.3) is 10.1 Å². The number of nitrogen functional groups attached to an aromatic ring is 1. The molecule has 0 spiro atoms. The fraction of sp³-hybridized carbons (Fsp3) is 0.286. The van der Waals surface area contributed by atoms with Crippen LogP contribution in [0, 0.1) is 0 Å². The van der Waals surface area contributed by atoms with Crippen LogP contribution >= 0.6 is 0 Å². The second-order valence-electron chi connectivity index (χ2n) is 2.62. The molecule has 0 fully saturated rings. The van der Waals surface area contributed by atoms with E-state index in [1.165, 1.54) is 4.68 Å². The van der Waals surface area contributed by atoms with Gasteiger partial charge in [0.05, 0.1) is 12.9 Å². The van der Waals surface area contributed by atoms with Crippen LogP contribution in [0.2, 0.25) is 0 Å². The van der Waals surface area contributed by atoms with Gasteiger partial charge >= 0.3 is 0 Å². The van der Waals surface area contributed by atoms with E-state index in [1.807, 2.05) is 0 Å². The average molecular weight is 203 g/mol. The van der Waals surface area contributed by atoms with E-state index in [4.69, 9.17) is 5.84 Å². The van der Waals surface area contributed by atoms with Gasteiger partial charge in [-0.15, -0.1) is 0 Å². The summed E-state index contributed by atoms with van der Waals surface area (Å²) in [7, 11) is -3.37. The van der Waals surface area contributed by atoms with E-state index in [1.54, 1.807) is 24.5 Å². The van der Waals surface area contributed by atoms with Gasteiger partial charge < -0.3 is 0 Å². The van der Waals surface area contributed by atoms with Crippen LogP contribution in [0.5, 0.6) is 0 Å². The molecular weight excluding hydrogens is 192 g/mol. The maximum absolute atomic E-state index is 10.6. The summed E-state index contributed by atoms with van der Waals surface area (Å²) in [6, 6.07) is 3.37. The molecule has 0 atom stereocenters. The molecule has 0 bridgehead atoms. The van der Waals surface area contributed by atoms with Crippen molar-refractivity contribution < 1.29 is 17.3 Å². The summed E-state index contributed by atoms with van der Waals surface area (Å²) in [6.07, 6.45) is 4.24. The first-order chi connectivity index (χ1) is 5.97. The number of hydrogen-bond acceptors (Lipinski definition) is 4. The second-order valence-corrected chi connectivity index (χ2v) is 4.26. The molecular formula is C7H11N2O3S+. The van der Waals surface area contributed by atoms with Crippen molar-refractivity contribution in [1.82, 2.24) is 0 Å². The Kier molecular flexibility index (Phi) is 2.84. The molecule has 72 valence electrons. The van der Waals surface area contributed by atoms with Crippen LogP contribution in [0.25, 0.3) is 0 Å². The van der Waals surface area contributed by atoms with E-state index >= 15 is 0 Å². The quantitative estimate of drug-likeness (QED) is 0.395. The summed E-state index contributed by atoms with van der Waals surface area (Å²) < 4.78 is 27.2. The molecule has 2 N–H and O–H groups in total. The number of nitrogens with two attached hydrogens (primary N) is 1. The number of rotatable bonds is 3. The van der Waals surface area contributed by atoms with Crippen molar-refractivity contribution in [3.63, 3.8) is 0 Å². The minimum atomic E-state index is -3.37. The van der Waals surface area contributed by atoms with Gasteiger partial charge in [0, 0.05) is 12.1 Å². The van der Waals surface area contributed by atoms with E-state index in [0.29, 0.717) is 0 Å². The normalized spacial score (nSPS) is 11.5. The molecule has 0 radical (unpaired) electrons. The van der Waals surface area contributed by atoms with E-state index in [9.17, 15) is 8.42 Å². The van der Waals surface area contributed by atoms with Gasteiger partial charge in [-0.2, -0.15) is 8.42 Å². The molecule has 6 heteroatoms. The van der Waals surface area contributed by atoms with Crippen molar-refractivity contribution in [2.45, 2.75) is 6.61 Å². The Bertz CT molecular complexity index is 371. The Balaban J connectivity index is 2.61. The molecule has 0 saturated carbocycles. The van der Waals surface area contributed by atoms with Gasteiger partial charge in [-0.1, -0.05) is 4.68 Å². The Hall–Kier alpha value is -1.14. The van der Waals surface area contributed by atoms with Crippen molar-refractivity contribution in [3.05, 3.63) is 30.1 Å². The van der Waals surface area contributed by atoms with Crippen LogP contribution in [-0.2, 0) is 20.9 Å². The Labute approximate surface area is 76.8 Å². The van der Waals surface area contributed by atoms with Crippen LogP contribution in [0.15, 0.2) is 24.5 Å². The molecule has 0 aliphatic heterocycles. The number of nitrogens with zero attached hydrogens (tertiary/aromatic N) is 1. The lowest BCUT2D eigenvalue weighted by atomic mass is 10.3. The third kappa shape index (κ3) is 3.86. The van der Waals surface area contributed by atoms with Crippen LogP contribution in [-0.4, -0.2) is 14.7 Å². The van der Waals surface area contributed by atoms with E-state index in [0.717, 1.165) is 11.8 Å². The summed E-state index contributed by atoms with van der Waals surface area (Å²) in [4.78, 5) is 0. The molecule has 1 heterocycles. The molecule has 1 aromatic rings. The van der Waals surface area contributed by atoms with Gasteiger partial charge in [-0.3, -0.25) is 4.18 Å². The fourth-order valence-corrected chi connectivity index (χ4v) is 1.09. The molecule has 0 aliphatic rings. The van der Waals surface area contributed by atoms with Crippen molar-refractivity contribution in [1.29, 1.82) is 0 Å². The first-order valence-electron chi connectivity index (χ1n) is 3.57. The van der Waals surface area contributed by atoms with Crippen LogP contribution < -0.4 is 10.5 Å². The van der Waals surface area contributed by atoms with Crippen molar-refractivity contribution in [2.24, 2.45) is 0 Å². The van der Waals surface area contributed by atoms with E-state index < -0.39 is 10.1 Å². The smallest absolute Gasteiger partial charge is 0.264 e. The summed E-state index contributed by atoms with van der Waals surface area (Å²) in [6.45, 7) is 0.0413. The highest BCUT2D eigenvalue weighted by atomic mass is 32.2. The molecule has 0 amide bonds. The fourth-order valence-electron chi connectivity index (χ4n) is 0.740. The largest absolute Gasteiger partial charge is 0.265 e.